The fourth-order valence-corrected chi connectivity index (χ4v) is 5.42. The first kappa shape index (κ1) is 29.4. The van der Waals surface area contributed by atoms with Gasteiger partial charge in [0.05, 0.1) is 40.8 Å². The molecule has 1 aliphatic heterocycles. The van der Waals surface area contributed by atoms with E-state index in [0.717, 1.165) is 35.5 Å². The summed E-state index contributed by atoms with van der Waals surface area (Å²) in [6, 6.07) is -0.182. The molecule has 1 amide bonds. The number of allylic oxidation sites excluding steroid dienone is 1. The van der Waals surface area contributed by atoms with Crippen molar-refractivity contribution in [3.05, 3.63) is 33.3 Å². The molecule has 0 unspecified atom stereocenters. The molecule has 0 bridgehead atoms. The number of rotatable bonds is 2. The lowest BCUT2D eigenvalue weighted by Gasteiger charge is -2.36. The molecular formula is C28H44N2O4S. The Morgan fingerprint density at radius 2 is 1.89 bits per heavy atom. The highest BCUT2D eigenvalue weighted by atomic mass is 32.1. The van der Waals surface area contributed by atoms with Gasteiger partial charge in [0.2, 0.25) is 5.91 Å². The Hall–Kier alpha value is -1.83. The van der Waals surface area contributed by atoms with Crippen molar-refractivity contribution < 1.29 is 19.8 Å². The molecule has 2 heterocycles. The first-order valence-electron chi connectivity index (χ1n) is 12.7. The fraction of sp³-hybridized carbons (Fsp3) is 0.679. The van der Waals surface area contributed by atoms with Gasteiger partial charge < -0.3 is 15.1 Å². The monoisotopic (exact) mass is 504 g/mol. The molecular weight excluding hydrogens is 460 g/mol. The summed E-state index contributed by atoms with van der Waals surface area (Å²) in [4.78, 5) is 32.8. The van der Waals surface area contributed by atoms with Gasteiger partial charge in [-0.05, 0) is 64.0 Å². The predicted octanol–water partition coefficient (Wildman–Crippen LogP) is 5.18. The number of likely N-dealkylation sites (N-methyl/N-ethyl adjacent to an activating group) is 1. The Balaban J connectivity index is 2.41. The number of amides is 1. The van der Waals surface area contributed by atoms with Gasteiger partial charge in [0.25, 0.3) is 0 Å². The Labute approximate surface area is 215 Å². The third-order valence-corrected chi connectivity index (χ3v) is 8.46. The minimum Gasteiger partial charge on any atom is -0.392 e. The van der Waals surface area contributed by atoms with Gasteiger partial charge in [-0.2, -0.15) is 0 Å². The molecule has 1 aliphatic rings. The summed E-state index contributed by atoms with van der Waals surface area (Å²) in [5.41, 5.74) is 1.99. The van der Waals surface area contributed by atoms with Gasteiger partial charge in [-0.1, -0.05) is 39.3 Å². The molecule has 2 N–H and O–H groups in total. The maximum atomic E-state index is 13.3. The van der Waals surface area contributed by atoms with Crippen molar-refractivity contribution in [1.82, 2.24) is 9.88 Å². The van der Waals surface area contributed by atoms with E-state index in [1.54, 1.807) is 44.1 Å². The highest BCUT2D eigenvalue weighted by Gasteiger charge is 2.42. The second-order valence-electron chi connectivity index (χ2n) is 10.9. The number of thiazole rings is 1. The second-order valence-corrected chi connectivity index (χ2v) is 12.0. The molecule has 7 heteroatoms. The molecule has 0 spiro atoms. The average molecular weight is 505 g/mol. The first-order chi connectivity index (χ1) is 16.2. The lowest BCUT2D eigenvalue weighted by atomic mass is 9.73. The summed E-state index contributed by atoms with van der Waals surface area (Å²) >= 11 is 1.59. The predicted molar refractivity (Wildman–Crippen MR) is 143 cm³/mol. The highest BCUT2D eigenvalue weighted by Crippen LogP contribution is 2.32. The number of aromatic nitrogens is 1. The van der Waals surface area contributed by atoms with Crippen LogP contribution < -0.4 is 0 Å². The number of aryl methyl sites for hydroxylation is 1. The molecule has 1 aromatic rings. The zero-order valence-corrected chi connectivity index (χ0v) is 23.5. The van der Waals surface area contributed by atoms with Crippen molar-refractivity contribution in [1.29, 1.82) is 0 Å². The van der Waals surface area contributed by atoms with Crippen molar-refractivity contribution in [2.24, 2.45) is 17.3 Å². The number of aliphatic hydroxyl groups is 2. The Morgan fingerprint density at radius 3 is 2.49 bits per heavy atom. The zero-order valence-electron chi connectivity index (χ0n) is 22.7. The smallest absolute Gasteiger partial charge is 0.225 e. The number of ketones is 1. The number of Topliss-reactive ketones (excluding diaryl/α,β-unsaturated/α-hetero) is 1. The molecule has 0 aliphatic carbocycles. The quantitative estimate of drug-likeness (QED) is 0.542. The number of hydrogen-bond donors (Lipinski definition) is 2. The number of carbonyl (C=O) groups excluding carboxylic acids is 2. The topological polar surface area (TPSA) is 90.7 Å². The van der Waals surface area contributed by atoms with Crippen LogP contribution in [0.25, 0.3) is 6.08 Å². The molecule has 0 radical (unpaired) electrons. The zero-order chi connectivity index (χ0) is 26.5. The number of aliphatic hydroxyl groups excluding tert-OH is 2. The van der Waals surface area contributed by atoms with Crippen LogP contribution in [-0.4, -0.2) is 57.1 Å². The lowest BCUT2D eigenvalue weighted by molar-refractivity contribution is -0.145. The largest absolute Gasteiger partial charge is 0.392 e. The van der Waals surface area contributed by atoms with Gasteiger partial charge in [0.1, 0.15) is 5.78 Å². The maximum Gasteiger partial charge on any atom is 0.225 e. The molecule has 0 aromatic carbocycles. The van der Waals surface area contributed by atoms with E-state index < -0.39 is 23.5 Å². The maximum absolute atomic E-state index is 13.3. The van der Waals surface area contributed by atoms with Gasteiger partial charge in [0.15, 0.2) is 0 Å². The first-order valence-corrected chi connectivity index (χ1v) is 13.6. The molecule has 35 heavy (non-hydrogen) atoms. The number of carbonyl (C=O) groups is 2. The number of hydrogen-bond acceptors (Lipinski definition) is 6. The average Bonchev–Trinajstić information content (AvgIpc) is 3.20. The van der Waals surface area contributed by atoms with E-state index in [4.69, 9.17) is 0 Å². The van der Waals surface area contributed by atoms with Crippen LogP contribution in [-0.2, 0) is 9.59 Å². The SMILES string of the molecule is C/C1=C/C[C@@H](/C(C)=C/c2csc(C)n2)N(C)C(=O)C[C@H](O)C(C)(C)C(=O)[C@H](C)[C@@H](O)[C@@H](C)CCC1. The van der Waals surface area contributed by atoms with Crippen LogP contribution in [0.5, 0.6) is 0 Å². The van der Waals surface area contributed by atoms with Crippen LogP contribution >= 0.6 is 11.3 Å². The van der Waals surface area contributed by atoms with Crippen LogP contribution in [0.15, 0.2) is 22.6 Å². The summed E-state index contributed by atoms with van der Waals surface area (Å²) in [5.74, 6) is -1.08. The molecule has 1 aromatic heterocycles. The minimum atomic E-state index is -1.15. The standard InChI is InChI=1S/C28H44N2O4S/c1-17-10-9-11-18(2)26(33)20(4)27(34)28(6,7)24(31)15-25(32)30(8)23(13-12-17)19(3)14-22-16-35-21(5)29-22/h12,14,16,18,20,23-24,26,31,33H,9-11,13,15H2,1-8H3/b17-12-,19-14+/t18-,20+,23-,24-,26-/m0/s1. The van der Waals surface area contributed by atoms with Crippen molar-refractivity contribution in [2.75, 3.05) is 7.05 Å². The second kappa shape index (κ2) is 12.4. The van der Waals surface area contributed by atoms with E-state index in [9.17, 15) is 19.8 Å². The van der Waals surface area contributed by atoms with Gasteiger partial charge in [-0.15, -0.1) is 11.3 Å². The minimum absolute atomic E-state index is 0.0325. The fourth-order valence-electron chi connectivity index (χ4n) is 4.85. The molecule has 6 nitrogen and oxygen atoms in total. The van der Waals surface area contributed by atoms with Gasteiger partial charge >= 0.3 is 0 Å². The molecule has 0 saturated carbocycles. The van der Waals surface area contributed by atoms with Crippen LogP contribution in [0.1, 0.15) is 84.3 Å². The van der Waals surface area contributed by atoms with Gasteiger partial charge in [-0.3, -0.25) is 9.59 Å². The Bertz CT molecular complexity index is 949. The molecule has 196 valence electrons. The summed E-state index contributed by atoms with van der Waals surface area (Å²) in [7, 11) is 1.76. The van der Waals surface area contributed by atoms with Crippen LogP contribution in [0, 0.1) is 24.2 Å². The van der Waals surface area contributed by atoms with Crippen molar-refractivity contribution in [3.63, 3.8) is 0 Å². The normalized spacial score (nSPS) is 31.8. The van der Waals surface area contributed by atoms with Crippen molar-refractivity contribution >= 4 is 29.1 Å². The number of nitrogens with zero attached hydrogens (tertiary/aromatic N) is 2. The highest BCUT2D eigenvalue weighted by molar-refractivity contribution is 7.09. The van der Waals surface area contributed by atoms with E-state index >= 15 is 0 Å². The summed E-state index contributed by atoms with van der Waals surface area (Å²) < 4.78 is 0. The van der Waals surface area contributed by atoms with Gasteiger partial charge in [-0.25, -0.2) is 4.98 Å². The van der Waals surface area contributed by atoms with Gasteiger partial charge in [0, 0.05) is 18.3 Å². The molecule has 0 saturated heterocycles. The van der Waals surface area contributed by atoms with Crippen LogP contribution in [0.3, 0.4) is 0 Å². The molecule has 2 rings (SSSR count). The van der Waals surface area contributed by atoms with Crippen LogP contribution in [0.4, 0.5) is 0 Å². The third kappa shape index (κ3) is 7.58. The van der Waals surface area contributed by atoms with Crippen molar-refractivity contribution in [2.45, 2.75) is 98.8 Å². The summed E-state index contributed by atoms with van der Waals surface area (Å²) in [6.07, 6.45) is 5.43. The van der Waals surface area contributed by atoms with E-state index in [1.165, 1.54) is 5.57 Å². The van der Waals surface area contributed by atoms with Crippen molar-refractivity contribution in [3.8, 4) is 0 Å². The molecule has 0 fully saturated rings. The lowest BCUT2D eigenvalue weighted by Crippen LogP contribution is -2.47. The molecule has 5 atom stereocenters. The van der Waals surface area contributed by atoms with E-state index in [2.05, 4.69) is 18.0 Å². The summed E-state index contributed by atoms with van der Waals surface area (Å²) in [6.45, 7) is 13.1. The van der Waals surface area contributed by atoms with E-state index in [0.29, 0.717) is 6.42 Å². The van der Waals surface area contributed by atoms with E-state index in [1.807, 2.05) is 32.2 Å². The Kier molecular flexibility index (Phi) is 10.4. The Morgan fingerprint density at radius 1 is 1.23 bits per heavy atom. The third-order valence-electron chi connectivity index (χ3n) is 7.66. The van der Waals surface area contributed by atoms with E-state index in [-0.39, 0.29) is 30.1 Å². The van der Waals surface area contributed by atoms with Crippen LogP contribution in [0.2, 0.25) is 0 Å². The summed E-state index contributed by atoms with van der Waals surface area (Å²) in [5, 5.41) is 24.8.